The molecule has 0 radical (unpaired) electrons. The van der Waals surface area contributed by atoms with Crippen LogP contribution < -0.4 is 10.2 Å². The van der Waals surface area contributed by atoms with E-state index in [1.165, 1.54) is 45.2 Å². The molecule has 0 aromatic heterocycles. The Morgan fingerprint density at radius 3 is 2.81 bits per heavy atom. The summed E-state index contributed by atoms with van der Waals surface area (Å²) in [5.41, 5.74) is 0.699. The Hall–Kier alpha value is -1.59. The van der Waals surface area contributed by atoms with Crippen LogP contribution in [0.4, 0.5) is 5.69 Å². The topological polar surface area (TPSA) is 52.7 Å². The molecule has 3 heterocycles. The number of hydrogen-bond donors (Lipinski definition) is 1. The van der Waals surface area contributed by atoms with Gasteiger partial charge in [0.1, 0.15) is 0 Å². The van der Waals surface area contributed by atoms with Gasteiger partial charge in [0.2, 0.25) is 11.8 Å². The number of halogens is 1. The molecule has 6 heteroatoms. The van der Waals surface area contributed by atoms with E-state index in [2.05, 4.69) is 10.2 Å². The summed E-state index contributed by atoms with van der Waals surface area (Å²) in [6.07, 6.45) is 6.53. The molecule has 2 amide bonds. The Bertz CT molecular complexity index is 708. The first-order valence-corrected chi connectivity index (χ1v) is 10.6. The van der Waals surface area contributed by atoms with E-state index in [1.54, 1.807) is 11.0 Å². The molecule has 1 aromatic rings. The lowest BCUT2D eigenvalue weighted by atomic mass is 9.83. The predicted octanol–water partition coefficient (Wildman–Crippen LogP) is 3.07. The van der Waals surface area contributed by atoms with Crippen molar-refractivity contribution in [1.82, 2.24) is 10.2 Å². The third kappa shape index (κ3) is 3.99. The van der Waals surface area contributed by atoms with Crippen molar-refractivity contribution in [3.05, 3.63) is 29.3 Å². The summed E-state index contributed by atoms with van der Waals surface area (Å²) in [7, 11) is 0. The van der Waals surface area contributed by atoms with Crippen LogP contribution in [0.2, 0.25) is 5.02 Å². The summed E-state index contributed by atoms with van der Waals surface area (Å²) in [5.74, 6) is 0.227. The summed E-state index contributed by atoms with van der Waals surface area (Å²) < 4.78 is 0. The average molecular weight is 390 g/mol. The molecule has 3 fully saturated rings. The Balaban J connectivity index is 1.34. The molecule has 1 unspecified atom stereocenters. The van der Waals surface area contributed by atoms with Crippen molar-refractivity contribution < 1.29 is 9.59 Å². The number of fused-ring (bicyclic) bond motifs is 1. The number of amides is 2. The minimum absolute atomic E-state index is 0.00540. The molecule has 1 N–H and O–H groups in total. The number of carbonyl (C=O) groups excluding carboxylic acids is 2. The van der Waals surface area contributed by atoms with Gasteiger partial charge in [0.05, 0.1) is 16.6 Å². The van der Waals surface area contributed by atoms with Gasteiger partial charge >= 0.3 is 0 Å². The highest BCUT2D eigenvalue weighted by Gasteiger charge is 2.37. The third-order valence-electron chi connectivity index (χ3n) is 6.41. The Labute approximate surface area is 166 Å². The first kappa shape index (κ1) is 18.8. The second-order valence-electron chi connectivity index (χ2n) is 8.10. The van der Waals surface area contributed by atoms with Crippen molar-refractivity contribution in [1.29, 1.82) is 0 Å². The van der Waals surface area contributed by atoms with Gasteiger partial charge in [0.15, 0.2) is 0 Å². The molecule has 3 aliphatic rings. The zero-order valence-electron chi connectivity index (χ0n) is 15.7. The van der Waals surface area contributed by atoms with Gasteiger partial charge in [0, 0.05) is 25.6 Å². The van der Waals surface area contributed by atoms with E-state index in [1.807, 2.05) is 18.2 Å². The number of hydrogen-bond acceptors (Lipinski definition) is 3. The van der Waals surface area contributed by atoms with E-state index in [9.17, 15) is 9.59 Å². The first-order valence-electron chi connectivity index (χ1n) is 10.2. The van der Waals surface area contributed by atoms with Crippen LogP contribution in [0.5, 0.6) is 0 Å². The summed E-state index contributed by atoms with van der Waals surface area (Å²) in [5, 5.41) is 3.70. The van der Waals surface area contributed by atoms with Gasteiger partial charge in [0.25, 0.3) is 0 Å². The van der Waals surface area contributed by atoms with Crippen molar-refractivity contribution in [2.24, 2.45) is 11.8 Å². The molecule has 27 heavy (non-hydrogen) atoms. The average Bonchev–Trinajstić information content (AvgIpc) is 3.08. The van der Waals surface area contributed by atoms with Crippen molar-refractivity contribution in [2.45, 2.75) is 44.6 Å². The fraction of sp³-hybridized carbons (Fsp3) is 0.619. The van der Waals surface area contributed by atoms with Gasteiger partial charge in [-0.25, -0.2) is 0 Å². The lowest BCUT2D eigenvalue weighted by Gasteiger charge is -2.44. The van der Waals surface area contributed by atoms with Crippen molar-refractivity contribution in [2.75, 3.05) is 31.1 Å². The highest BCUT2D eigenvalue weighted by molar-refractivity contribution is 6.33. The molecule has 0 bridgehead atoms. The van der Waals surface area contributed by atoms with Crippen LogP contribution in [0.1, 0.15) is 38.5 Å². The van der Waals surface area contributed by atoms with Gasteiger partial charge in [-0.2, -0.15) is 0 Å². The predicted molar refractivity (Wildman–Crippen MR) is 107 cm³/mol. The molecular weight excluding hydrogens is 362 g/mol. The number of para-hydroxylation sites is 1. The highest BCUT2D eigenvalue weighted by Crippen LogP contribution is 2.32. The van der Waals surface area contributed by atoms with Crippen molar-refractivity contribution >= 4 is 29.1 Å². The summed E-state index contributed by atoms with van der Waals surface area (Å²) in [6, 6.07) is 7.94. The number of nitrogens with one attached hydrogen (secondary N) is 1. The second kappa shape index (κ2) is 8.19. The maximum atomic E-state index is 12.7. The molecule has 0 spiro atoms. The van der Waals surface area contributed by atoms with Crippen LogP contribution in [0.25, 0.3) is 0 Å². The lowest BCUT2D eigenvalue weighted by Crippen LogP contribution is -2.51. The van der Waals surface area contributed by atoms with E-state index >= 15 is 0 Å². The Morgan fingerprint density at radius 2 is 1.96 bits per heavy atom. The zero-order valence-corrected chi connectivity index (χ0v) is 16.5. The molecule has 0 saturated carbocycles. The molecular formula is C21H28ClN3O2. The van der Waals surface area contributed by atoms with Crippen LogP contribution in [0.3, 0.4) is 0 Å². The van der Waals surface area contributed by atoms with E-state index in [0.29, 0.717) is 29.2 Å². The summed E-state index contributed by atoms with van der Waals surface area (Å²) in [4.78, 5) is 29.4. The van der Waals surface area contributed by atoms with Gasteiger partial charge in [-0.15, -0.1) is 0 Å². The quantitative estimate of drug-likeness (QED) is 0.861. The molecule has 3 atom stereocenters. The summed E-state index contributed by atoms with van der Waals surface area (Å²) >= 11 is 6.23. The number of benzene rings is 1. The largest absolute Gasteiger partial charge is 0.355 e. The van der Waals surface area contributed by atoms with Crippen LogP contribution >= 0.6 is 11.6 Å². The number of piperidine rings is 2. The number of nitrogens with zero attached hydrogens (tertiary/aromatic N) is 2. The standard InChI is InChI=1S/C21H28ClN3O2/c22-17-7-1-2-9-19(17)25-14-16(12-20(25)26)21(27)23-13-15-6-5-11-24-10-4-3-8-18(15)24/h1-2,7,9,15-16,18H,3-6,8,10-14H2,(H,23,27)/t15-,16?,18+/m0/s1. The molecule has 1 aromatic carbocycles. The number of rotatable bonds is 4. The molecule has 3 saturated heterocycles. The van der Waals surface area contributed by atoms with Crippen LogP contribution in [-0.2, 0) is 9.59 Å². The zero-order chi connectivity index (χ0) is 18.8. The van der Waals surface area contributed by atoms with E-state index in [4.69, 9.17) is 11.6 Å². The molecule has 3 aliphatic heterocycles. The second-order valence-corrected chi connectivity index (χ2v) is 8.51. The normalized spacial score (nSPS) is 28.9. The minimum atomic E-state index is -0.292. The number of anilines is 1. The molecule has 4 rings (SSSR count). The highest BCUT2D eigenvalue weighted by atomic mass is 35.5. The minimum Gasteiger partial charge on any atom is -0.355 e. The third-order valence-corrected chi connectivity index (χ3v) is 6.73. The van der Waals surface area contributed by atoms with Crippen LogP contribution in [-0.4, -0.2) is 48.9 Å². The SMILES string of the molecule is O=C(NC[C@@H]1CCCN2CCCC[C@H]12)C1CC(=O)N(c2ccccc2Cl)C1. The first-order chi connectivity index (χ1) is 13.1. The maximum Gasteiger partial charge on any atom is 0.227 e. The number of carbonyl (C=O) groups is 2. The maximum absolute atomic E-state index is 12.7. The Kier molecular flexibility index (Phi) is 5.69. The molecule has 146 valence electrons. The van der Waals surface area contributed by atoms with Gasteiger partial charge in [-0.1, -0.05) is 30.2 Å². The van der Waals surface area contributed by atoms with E-state index < -0.39 is 0 Å². The van der Waals surface area contributed by atoms with Crippen molar-refractivity contribution in [3.63, 3.8) is 0 Å². The van der Waals surface area contributed by atoms with E-state index in [0.717, 1.165) is 6.54 Å². The van der Waals surface area contributed by atoms with Gasteiger partial charge < -0.3 is 15.1 Å². The monoisotopic (exact) mass is 389 g/mol. The fourth-order valence-corrected chi connectivity index (χ4v) is 5.22. The Morgan fingerprint density at radius 1 is 1.15 bits per heavy atom. The van der Waals surface area contributed by atoms with Gasteiger partial charge in [-0.3, -0.25) is 9.59 Å². The van der Waals surface area contributed by atoms with Crippen LogP contribution in [0, 0.1) is 11.8 Å². The van der Waals surface area contributed by atoms with Crippen LogP contribution in [0.15, 0.2) is 24.3 Å². The smallest absolute Gasteiger partial charge is 0.227 e. The van der Waals surface area contributed by atoms with E-state index in [-0.39, 0.29) is 24.2 Å². The van der Waals surface area contributed by atoms with Crippen molar-refractivity contribution in [3.8, 4) is 0 Å². The summed E-state index contributed by atoms with van der Waals surface area (Å²) in [6.45, 7) is 3.56. The molecule has 0 aliphatic carbocycles. The molecule has 5 nitrogen and oxygen atoms in total. The lowest BCUT2D eigenvalue weighted by molar-refractivity contribution is -0.126. The fourth-order valence-electron chi connectivity index (χ4n) is 4.98. The van der Waals surface area contributed by atoms with Gasteiger partial charge in [-0.05, 0) is 56.8 Å².